The van der Waals surface area contributed by atoms with E-state index in [4.69, 9.17) is 10.00 Å². The quantitative estimate of drug-likeness (QED) is 0.454. The molecule has 5 nitrogen and oxygen atoms in total. The van der Waals surface area contributed by atoms with Crippen LogP contribution in [0.5, 0.6) is 5.75 Å². The van der Waals surface area contributed by atoms with Crippen LogP contribution in [-0.2, 0) is 6.42 Å². The van der Waals surface area contributed by atoms with Gasteiger partial charge in [-0.15, -0.1) is 4.99 Å². The molecule has 0 aliphatic rings. The Balaban J connectivity index is 1.74. The fourth-order valence-electron chi connectivity index (χ4n) is 2.29. The second-order valence-electron chi connectivity index (χ2n) is 4.73. The number of nitrogens with zero attached hydrogens (tertiary/aromatic N) is 3. The van der Waals surface area contributed by atoms with Gasteiger partial charge >= 0.3 is 0 Å². The number of rotatable bonds is 4. The molecule has 0 saturated carbocycles. The Morgan fingerprint density at radius 3 is 2.91 bits per heavy atom. The molecule has 0 saturated heterocycles. The number of aryl methyl sites for hydroxylation is 1. The number of hydrogen-bond donors (Lipinski definition) is 1. The van der Waals surface area contributed by atoms with Crippen molar-refractivity contribution < 1.29 is 4.74 Å². The number of nitrogens with one attached hydrogen (secondary N) is 1. The van der Waals surface area contributed by atoms with Gasteiger partial charge in [0.05, 0.1) is 0 Å². The third-order valence-corrected chi connectivity index (χ3v) is 3.31. The lowest BCUT2D eigenvalue weighted by Crippen LogP contribution is -2.09. The van der Waals surface area contributed by atoms with Crippen molar-refractivity contribution in [2.45, 2.75) is 12.8 Å². The maximum atomic E-state index is 8.82. The molecule has 1 aromatic carbocycles. The van der Waals surface area contributed by atoms with Crippen LogP contribution in [0.3, 0.4) is 0 Å². The number of aromatic nitrogens is 2. The molecule has 0 spiro atoms. The van der Waals surface area contributed by atoms with Gasteiger partial charge in [-0.2, -0.15) is 5.26 Å². The summed E-state index contributed by atoms with van der Waals surface area (Å²) in [5.74, 6) is 1.09. The van der Waals surface area contributed by atoms with E-state index in [-0.39, 0.29) is 0 Å². The maximum Gasteiger partial charge on any atom is 0.208 e. The fraction of sp³-hybridized carbons (Fsp3) is 0.118. The average Bonchev–Trinajstić information content (AvgIpc) is 3.03. The molecular weight excluding hydrogens is 276 g/mol. The molecule has 3 aromatic rings. The predicted octanol–water partition coefficient (Wildman–Crippen LogP) is 3.45. The van der Waals surface area contributed by atoms with Crippen LogP contribution in [0.1, 0.15) is 12.0 Å². The van der Waals surface area contributed by atoms with Crippen LogP contribution in [-0.4, -0.2) is 15.9 Å². The van der Waals surface area contributed by atoms with E-state index >= 15 is 0 Å². The zero-order chi connectivity index (χ0) is 15.2. The molecule has 2 aromatic heterocycles. The van der Waals surface area contributed by atoms with Crippen LogP contribution < -0.4 is 4.74 Å². The van der Waals surface area contributed by atoms with Gasteiger partial charge in [-0.05, 0) is 36.2 Å². The van der Waals surface area contributed by atoms with Crippen LogP contribution in [0.2, 0.25) is 0 Å². The van der Waals surface area contributed by atoms with Gasteiger partial charge in [0, 0.05) is 24.2 Å². The largest absolute Gasteiger partial charge is 0.442 e. The van der Waals surface area contributed by atoms with E-state index in [2.05, 4.69) is 15.0 Å². The molecule has 0 fully saturated rings. The Hall–Kier alpha value is -3.13. The molecule has 108 valence electrons. The van der Waals surface area contributed by atoms with Crippen molar-refractivity contribution in [3.63, 3.8) is 0 Å². The molecule has 0 bridgehead atoms. The first kappa shape index (κ1) is 13.8. The number of nitriles is 1. The van der Waals surface area contributed by atoms with Crippen LogP contribution in [0.25, 0.3) is 11.0 Å². The van der Waals surface area contributed by atoms with Gasteiger partial charge in [0.2, 0.25) is 12.1 Å². The van der Waals surface area contributed by atoms with Crippen LogP contribution >= 0.6 is 0 Å². The molecule has 5 heteroatoms. The molecule has 22 heavy (non-hydrogen) atoms. The van der Waals surface area contributed by atoms with Crippen LogP contribution in [0, 0.1) is 11.5 Å². The van der Waals surface area contributed by atoms with Gasteiger partial charge in [0.25, 0.3) is 0 Å². The van der Waals surface area contributed by atoms with Crippen molar-refractivity contribution in [1.29, 1.82) is 5.26 Å². The number of H-pyrrole nitrogens is 1. The van der Waals surface area contributed by atoms with E-state index in [0.717, 1.165) is 23.0 Å². The lowest BCUT2D eigenvalue weighted by atomic mass is 10.1. The van der Waals surface area contributed by atoms with Crippen molar-refractivity contribution >= 4 is 16.9 Å². The van der Waals surface area contributed by atoms with Crippen LogP contribution in [0.4, 0.5) is 0 Å². The van der Waals surface area contributed by atoms with E-state index in [0.29, 0.717) is 18.1 Å². The minimum absolute atomic E-state index is 0.411. The SMILES string of the molecule is N#CN=C(CCc1ccnc2[nH]ccc12)Oc1ccccc1. The van der Waals surface area contributed by atoms with Gasteiger partial charge < -0.3 is 9.72 Å². The number of aromatic amines is 1. The molecule has 0 aliphatic heterocycles. The molecule has 2 heterocycles. The van der Waals surface area contributed by atoms with Crippen molar-refractivity contribution in [3.05, 3.63) is 60.4 Å². The molecule has 0 unspecified atom stereocenters. The summed E-state index contributed by atoms with van der Waals surface area (Å²) in [4.78, 5) is 11.1. The van der Waals surface area contributed by atoms with Crippen molar-refractivity contribution in [3.8, 4) is 11.9 Å². The summed E-state index contributed by atoms with van der Waals surface area (Å²) in [5.41, 5.74) is 2.01. The van der Waals surface area contributed by atoms with Gasteiger partial charge in [-0.1, -0.05) is 18.2 Å². The second kappa shape index (κ2) is 6.55. The second-order valence-corrected chi connectivity index (χ2v) is 4.73. The summed E-state index contributed by atoms with van der Waals surface area (Å²) in [6.45, 7) is 0. The lowest BCUT2D eigenvalue weighted by molar-refractivity contribution is 0.532. The van der Waals surface area contributed by atoms with Crippen LogP contribution in [0.15, 0.2) is 59.9 Å². The maximum absolute atomic E-state index is 8.82. The fourth-order valence-corrected chi connectivity index (χ4v) is 2.29. The number of para-hydroxylation sites is 1. The standard InChI is InChI=1S/C17H14N4O/c18-12-21-16(22-14-4-2-1-3-5-14)7-6-13-8-10-19-17-15(13)9-11-20-17/h1-5,8-11H,6-7H2,(H,19,20). The average molecular weight is 290 g/mol. The Labute approximate surface area is 127 Å². The Morgan fingerprint density at radius 2 is 2.09 bits per heavy atom. The highest BCUT2D eigenvalue weighted by atomic mass is 16.5. The molecule has 3 rings (SSSR count). The molecule has 0 atom stereocenters. The minimum atomic E-state index is 0.411. The molecule has 0 radical (unpaired) electrons. The monoisotopic (exact) mass is 290 g/mol. The van der Waals surface area contributed by atoms with E-state index in [1.165, 1.54) is 0 Å². The normalized spacial score (nSPS) is 11.3. The summed E-state index contributed by atoms with van der Waals surface area (Å²) in [7, 11) is 0. The summed E-state index contributed by atoms with van der Waals surface area (Å²) < 4.78 is 5.67. The molecule has 1 N–H and O–H groups in total. The highest BCUT2D eigenvalue weighted by molar-refractivity contribution is 5.82. The Bertz CT molecular complexity index is 830. The number of benzene rings is 1. The number of pyridine rings is 1. The lowest BCUT2D eigenvalue weighted by Gasteiger charge is -2.08. The first-order valence-electron chi connectivity index (χ1n) is 6.96. The van der Waals surface area contributed by atoms with E-state index in [1.54, 1.807) is 12.4 Å². The number of fused-ring (bicyclic) bond motifs is 1. The molecule has 0 amide bonds. The number of hydrogen-bond acceptors (Lipinski definition) is 4. The Kier molecular flexibility index (Phi) is 4.12. The summed E-state index contributed by atoms with van der Waals surface area (Å²) >= 11 is 0. The summed E-state index contributed by atoms with van der Waals surface area (Å²) in [5, 5.41) is 9.90. The van der Waals surface area contributed by atoms with Crippen molar-refractivity contribution in [1.82, 2.24) is 9.97 Å². The van der Waals surface area contributed by atoms with E-state index < -0.39 is 0 Å². The molecular formula is C17H14N4O. The number of aliphatic imine (C=N–C) groups is 1. The predicted molar refractivity (Wildman–Crippen MR) is 84.5 cm³/mol. The highest BCUT2D eigenvalue weighted by Crippen LogP contribution is 2.18. The van der Waals surface area contributed by atoms with Gasteiger partial charge in [-0.25, -0.2) is 4.98 Å². The highest BCUT2D eigenvalue weighted by Gasteiger charge is 2.07. The van der Waals surface area contributed by atoms with Crippen molar-refractivity contribution in [2.24, 2.45) is 4.99 Å². The van der Waals surface area contributed by atoms with E-state index in [9.17, 15) is 0 Å². The van der Waals surface area contributed by atoms with Gasteiger partial charge in [0.1, 0.15) is 11.4 Å². The third-order valence-electron chi connectivity index (χ3n) is 3.31. The first-order chi connectivity index (χ1) is 10.9. The van der Waals surface area contributed by atoms with Gasteiger partial charge in [-0.3, -0.25) is 0 Å². The smallest absolute Gasteiger partial charge is 0.208 e. The zero-order valence-corrected chi connectivity index (χ0v) is 11.9. The third kappa shape index (κ3) is 3.13. The number of ether oxygens (including phenoxy) is 1. The first-order valence-corrected chi connectivity index (χ1v) is 6.96. The Morgan fingerprint density at radius 1 is 1.23 bits per heavy atom. The van der Waals surface area contributed by atoms with Gasteiger partial charge in [0.15, 0.2) is 0 Å². The minimum Gasteiger partial charge on any atom is -0.442 e. The summed E-state index contributed by atoms with van der Waals surface area (Å²) in [6.07, 6.45) is 6.71. The topological polar surface area (TPSA) is 74.1 Å². The zero-order valence-electron chi connectivity index (χ0n) is 11.9. The van der Waals surface area contributed by atoms with Crippen molar-refractivity contribution in [2.75, 3.05) is 0 Å². The summed E-state index contributed by atoms with van der Waals surface area (Å²) in [6, 6.07) is 13.3. The molecule has 0 aliphatic carbocycles. The van der Waals surface area contributed by atoms with E-state index in [1.807, 2.05) is 48.7 Å².